The molecular weight excluding hydrogens is 512 g/mol. The van der Waals surface area contributed by atoms with Gasteiger partial charge in [0.15, 0.2) is 11.2 Å². The third-order valence-corrected chi connectivity index (χ3v) is 7.90. The maximum Gasteiger partial charge on any atom is 0.306 e. The van der Waals surface area contributed by atoms with Gasteiger partial charge < -0.3 is 14.6 Å². The number of carbonyl (C=O) groups is 3. The molecule has 0 radical (unpaired) electrons. The molecule has 0 aromatic carbocycles. The highest BCUT2D eigenvalue weighted by molar-refractivity contribution is 8.13. The van der Waals surface area contributed by atoms with Crippen molar-refractivity contribution in [2.24, 2.45) is 0 Å². The first kappa shape index (κ1) is 37.9. The minimum atomic E-state index is -0.774. The first-order valence-corrected chi connectivity index (χ1v) is 17.1. The van der Waals surface area contributed by atoms with Gasteiger partial charge in [-0.15, -0.1) is 0 Å². The average molecular weight is 573 g/mol. The molecule has 0 aromatic rings. The highest BCUT2D eigenvalue weighted by Gasteiger charge is 2.16. The Morgan fingerprint density at radius 1 is 0.615 bits per heavy atom. The number of hydrogen-bond acceptors (Lipinski definition) is 7. The molecule has 39 heavy (non-hydrogen) atoms. The van der Waals surface area contributed by atoms with E-state index in [2.05, 4.69) is 6.92 Å². The van der Waals surface area contributed by atoms with Crippen LogP contribution in [0, 0.1) is 0 Å². The van der Waals surface area contributed by atoms with Crippen molar-refractivity contribution in [3.8, 4) is 0 Å². The maximum atomic E-state index is 12.0. The number of unbranched alkanes of at least 4 members (excludes halogenated alkanes) is 19. The summed E-state index contributed by atoms with van der Waals surface area (Å²) < 4.78 is 10.5. The van der Waals surface area contributed by atoms with Gasteiger partial charge in [0.1, 0.15) is 6.61 Å². The molecule has 1 atom stereocenters. The molecule has 0 fully saturated rings. The molecule has 0 aromatic heterocycles. The number of ether oxygens (including phenoxy) is 2. The van der Waals surface area contributed by atoms with Crippen LogP contribution in [0.3, 0.4) is 0 Å². The van der Waals surface area contributed by atoms with Gasteiger partial charge in [0.05, 0.1) is 6.61 Å². The number of esters is 2. The van der Waals surface area contributed by atoms with Crippen LogP contribution in [0.4, 0.5) is 0 Å². The fraction of sp³-hybridized carbons (Fsp3) is 0.906. The predicted molar refractivity (Wildman–Crippen MR) is 163 cm³/mol. The second kappa shape index (κ2) is 29.9. The summed E-state index contributed by atoms with van der Waals surface area (Å²) in [6.45, 7) is 3.45. The van der Waals surface area contributed by atoms with E-state index in [9.17, 15) is 19.5 Å². The summed E-state index contributed by atoms with van der Waals surface area (Å²) in [5, 5.41) is 9.69. The number of aliphatic hydroxyl groups excluding tert-OH is 1. The standard InChI is InChI=1S/C32H60O6S/c1-3-4-5-6-7-8-12-16-19-22-25-32(36)38-30(27-33)28-37-31(35)24-21-18-15-13-10-9-11-14-17-20-23-26-39-29(2)34/h30,33H,3-28H2,1-2H3/t30-/m0/s1. The van der Waals surface area contributed by atoms with Crippen molar-refractivity contribution in [2.75, 3.05) is 19.0 Å². The van der Waals surface area contributed by atoms with E-state index < -0.39 is 6.10 Å². The van der Waals surface area contributed by atoms with E-state index in [1.54, 1.807) is 6.92 Å². The average Bonchev–Trinajstić information content (AvgIpc) is 2.92. The van der Waals surface area contributed by atoms with Crippen LogP contribution < -0.4 is 0 Å². The Morgan fingerprint density at radius 3 is 1.46 bits per heavy atom. The molecule has 0 unspecified atom stereocenters. The Hall–Kier alpha value is -1.08. The van der Waals surface area contributed by atoms with E-state index in [0.29, 0.717) is 12.8 Å². The second-order valence-electron chi connectivity index (χ2n) is 10.9. The topological polar surface area (TPSA) is 89.9 Å². The van der Waals surface area contributed by atoms with Crippen LogP contribution >= 0.6 is 11.8 Å². The van der Waals surface area contributed by atoms with Crippen molar-refractivity contribution in [3.63, 3.8) is 0 Å². The van der Waals surface area contributed by atoms with Gasteiger partial charge >= 0.3 is 11.9 Å². The second-order valence-corrected chi connectivity index (χ2v) is 12.2. The highest BCUT2D eigenvalue weighted by Crippen LogP contribution is 2.14. The minimum absolute atomic E-state index is 0.0747. The van der Waals surface area contributed by atoms with Gasteiger partial charge in [-0.2, -0.15) is 0 Å². The zero-order valence-corrected chi connectivity index (χ0v) is 26.2. The van der Waals surface area contributed by atoms with Crippen LogP contribution in [0.25, 0.3) is 0 Å². The number of hydrogen-bond donors (Lipinski definition) is 1. The number of thioether (sulfide) groups is 1. The molecule has 0 saturated carbocycles. The summed E-state index contributed by atoms with van der Waals surface area (Å²) in [6, 6.07) is 0. The summed E-state index contributed by atoms with van der Waals surface area (Å²) in [5.74, 6) is 0.340. The van der Waals surface area contributed by atoms with Gasteiger partial charge in [-0.3, -0.25) is 14.4 Å². The predicted octanol–water partition coefficient (Wildman–Crippen LogP) is 8.71. The van der Waals surface area contributed by atoms with Crippen LogP contribution in [0.15, 0.2) is 0 Å². The molecule has 0 rings (SSSR count). The van der Waals surface area contributed by atoms with Gasteiger partial charge in [-0.1, -0.05) is 134 Å². The Morgan fingerprint density at radius 2 is 1.03 bits per heavy atom. The largest absolute Gasteiger partial charge is 0.462 e. The van der Waals surface area contributed by atoms with E-state index in [1.165, 1.54) is 102 Å². The summed E-state index contributed by atoms with van der Waals surface area (Å²) in [6.07, 6.45) is 24.9. The zero-order valence-electron chi connectivity index (χ0n) is 25.4. The van der Waals surface area contributed by atoms with Crippen LogP contribution in [0.2, 0.25) is 0 Å². The van der Waals surface area contributed by atoms with E-state index in [4.69, 9.17) is 9.47 Å². The lowest BCUT2D eigenvalue weighted by atomic mass is 10.1. The smallest absolute Gasteiger partial charge is 0.306 e. The molecule has 230 valence electrons. The number of carbonyl (C=O) groups excluding carboxylic acids is 3. The monoisotopic (exact) mass is 572 g/mol. The first-order chi connectivity index (χ1) is 19.0. The Labute approximate surface area is 244 Å². The van der Waals surface area contributed by atoms with Crippen molar-refractivity contribution in [2.45, 2.75) is 168 Å². The molecule has 0 spiro atoms. The summed E-state index contributed by atoms with van der Waals surface area (Å²) in [7, 11) is 0. The van der Waals surface area contributed by atoms with Crippen LogP contribution in [0.1, 0.15) is 162 Å². The normalized spacial score (nSPS) is 11.9. The zero-order chi connectivity index (χ0) is 28.8. The van der Waals surface area contributed by atoms with E-state index >= 15 is 0 Å². The quantitative estimate of drug-likeness (QED) is 0.0708. The molecule has 1 N–H and O–H groups in total. The Balaban J connectivity index is 3.53. The summed E-state index contributed by atoms with van der Waals surface area (Å²) in [5.41, 5.74) is 0. The molecule has 7 heteroatoms. The molecule has 0 amide bonds. The lowest BCUT2D eigenvalue weighted by molar-refractivity contribution is -0.161. The van der Waals surface area contributed by atoms with Crippen molar-refractivity contribution in [3.05, 3.63) is 0 Å². The van der Waals surface area contributed by atoms with Crippen molar-refractivity contribution in [1.29, 1.82) is 0 Å². The van der Waals surface area contributed by atoms with E-state index in [-0.39, 0.29) is 30.3 Å². The first-order valence-electron chi connectivity index (χ1n) is 16.1. The van der Waals surface area contributed by atoms with Crippen LogP contribution in [-0.2, 0) is 23.9 Å². The third-order valence-electron chi connectivity index (χ3n) is 7.00. The molecule has 6 nitrogen and oxygen atoms in total. The van der Waals surface area contributed by atoms with Crippen LogP contribution in [-0.4, -0.2) is 47.2 Å². The van der Waals surface area contributed by atoms with Gasteiger partial charge in [-0.25, -0.2) is 0 Å². The van der Waals surface area contributed by atoms with Crippen molar-refractivity contribution in [1.82, 2.24) is 0 Å². The van der Waals surface area contributed by atoms with Crippen LogP contribution in [0.5, 0.6) is 0 Å². The van der Waals surface area contributed by atoms with E-state index in [0.717, 1.165) is 50.7 Å². The third kappa shape index (κ3) is 29.7. The molecule has 0 aliphatic carbocycles. The molecule has 0 bridgehead atoms. The fourth-order valence-electron chi connectivity index (χ4n) is 4.56. The lowest BCUT2D eigenvalue weighted by Gasteiger charge is -2.15. The molecular formula is C32H60O6S. The number of aliphatic hydroxyl groups is 1. The SMILES string of the molecule is CCCCCCCCCCCCC(=O)O[C@@H](CO)COC(=O)CCCCCCCCCCCCCSC(C)=O. The Kier molecular flexibility index (Phi) is 29.1. The minimum Gasteiger partial charge on any atom is -0.462 e. The fourth-order valence-corrected chi connectivity index (χ4v) is 5.20. The van der Waals surface area contributed by atoms with Gasteiger partial charge in [0.2, 0.25) is 0 Å². The Bertz CT molecular complexity index is 583. The van der Waals surface area contributed by atoms with E-state index in [1.807, 2.05) is 0 Å². The molecule has 0 heterocycles. The van der Waals surface area contributed by atoms with Gasteiger partial charge in [0, 0.05) is 25.5 Å². The summed E-state index contributed by atoms with van der Waals surface area (Å²) >= 11 is 1.43. The number of rotatable bonds is 29. The highest BCUT2D eigenvalue weighted by atomic mass is 32.2. The maximum absolute atomic E-state index is 12.0. The van der Waals surface area contributed by atoms with Crippen molar-refractivity contribution >= 4 is 28.8 Å². The van der Waals surface area contributed by atoms with Gasteiger partial charge in [-0.05, 0) is 19.3 Å². The summed E-state index contributed by atoms with van der Waals surface area (Å²) in [4.78, 5) is 34.9. The molecule has 0 aliphatic heterocycles. The van der Waals surface area contributed by atoms with Crippen molar-refractivity contribution < 1.29 is 29.0 Å². The molecule has 0 aliphatic rings. The molecule has 0 saturated heterocycles. The lowest BCUT2D eigenvalue weighted by Crippen LogP contribution is -2.28. The van der Waals surface area contributed by atoms with Gasteiger partial charge in [0.25, 0.3) is 0 Å².